The van der Waals surface area contributed by atoms with E-state index in [-0.39, 0.29) is 12.9 Å². The Kier molecular flexibility index (Phi) is 7.65. The van der Waals surface area contributed by atoms with Crippen LogP contribution in [-0.4, -0.2) is 81.4 Å². The summed E-state index contributed by atoms with van der Waals surface area (Å²) in [6.45, 7) is 10.3. The monoisotopic (exact) mass is 601 g/mol. The fourth-order valence-corrected chi connectivity index (χ4v) is 5.96. The molecule has 2 aromatic carbocycles. The van der Waals surface area contributed by atoms with Crippen molar-refractivity contribution in [2.45, 2.75) is 33.3 Å². The van der Waals surface area contributed by atoms with Crippen LogP contribution in [0.15, 0.2) is 42.2 Å². The first-order chi connectivity index (χ1) is 20.6. The van der Waals surface area contributed by atoms with Crippen LogP contribution in [0.5, 0.6) is 5.75 Å². The maximum Gasteiger partial charge on any atom is 0.410 e. The average molecular weight is 602 g/mol. The van der Waals surface area contributed by atoms with Gasteiger partial charge in [0.1, 0.15) is 11.4 Å². The summed E-state index contributed by atoms with van der Waals surface area (Å²) in [5.74, 6) is 1.19. The number of nitrogens with zero attached hydrogens (tertiary/aromatic N) is 7. The summed E-state index contributed by atoms with van der Waals surface area (Å²) in [7, 11) is 3.50. The van der Waals surface area contributed by atoms with E-state index in [1.807, 2.05) is 64.8 Å². The number of hydrogen-bond donors (Lipinski definition) is 0. The number of fused-ring (bicyclic) bond motifs is 2. The second-order valence-electron chi connectivity index (χ2n) is 11.6. The number of anilines is 1. The quantitative estimate of drug-likeness (QED) is 0.228. The number of carbonyl (C=O) groups excluding carboxylic acids is 1. The smallest absolute Gasteiger partial charge is 0.410 e. The summed E-state index contributed by atoms with van der Waals surface area (Å²) in [6.07, 6.45) is 3.54. The molecule has 1 aliphatic rings. The van der Waals surface area contributed by atoms with Gasteiger partial charge in [-0.25, -0.2) is 14.8 Å². The highest BCUT2D eigenvalue weighted by molar-refractivity contribution is 7.13. The summed E-state index contributed by atoms with van der Waals surface area (Å²) in [4.78, 5) is 32.0. The molecule has 0 N–H and O–H groups in total. The molecule has 11 nitrogen and oxygen atoms in total. The molecule has 1 aliphatic heterocycles. The predicted molar refractivity (Wildman–Crippen MR) is 168 cm³/mol. The van der Waals surface area contributed by atoms with E-state index in [0.29, 0.717) is 37.8 Å². The Morgan fingerprint density at radius 1 is 1.09 bits per heavy atom. The van der Waals surface area contributed by atoms with Crippen LogP contribution >= 0.6 is 11.3 Å². The van der Waals surface area contributed by atoms with Crippen LogP contribution in [0, 0.1) is 6.92 Å². The lowest BCUT2D eigenvalue weighted by molar-refractivity contribution is 0.0240. The van der Waals surface area contributed by atoms with Gasteiger partial charge in [0.05, 0.1) is 32.7 Å². The minimum Gasteiger partial charge on any atom is -0.466 e. The zero-order valence-electron chi connectivity index (χ0n) is 25.2. The lowest BCUT2D eigenvalue weighted by Crippen LogP contribution is -2.50. The van der Waals surface area contributed by atoms with Crippen molar-refractivity contribution in [3.63, 3.8) is 0 Å². The predicted octanol–water partition coefficient (Wildman–Crippen LogP) is 5.66. The number of methoxy groups -OCH3 is 1. The van der Waals surface area contributed by atoms with Gasteiger partial charge in [0.25, 0.3) is 0 Å². The van der Waals surface area contributed by atoms with E-state index in [2.05, 4.69) is 27.1 Å². The molecule has 5 aromatic rings. The molecule has 12 heteroatoms. The van der Waals surface area contributed by atoms with Crippen molar-refractivity contribution >= 4 is 44.9 Å². The highest BCUT2D eigenvalue weighted by Gasteiger charge is 2.27. The fourth-order valence-electron chi connectivity index (χ4n) is 5.33. The van der Waals surface area contributed by atoms with E-state index in [9.17, 15) is 4.79 Å². The molecule has 4 heterocycles. The zero-order valence-corrected chi connectivity index (χ0v) is 26.1. The molecule has 0 spiro atoms. The van der Waals surface area contributed by atoms with Crippen LogP contribution in [0.3, 0.4) is 0 Å². The molecule has 6 rings (SSSR count). The van der Waals surface area contributed by atoms with Crippen molar-refractivity contribution in [2.24, 2.45) is 7.05 Å². The van der Waals surface area contributed by atoms with Gasteiger partial charge in [-0.3, -0.25) is 9.67 Å². The van der Waals surface area contributed by atoms with Gasteiger partial charge >= 0.3 is 6.09 Å². The van der Waals surface area contributed by atoms with Crippen molar-refractivity contribution in [2.75, 3.05) is 45.0 Å². The van der Waals surface area contributed by atoms with Gasteiger partial charge in [-0.05, 0) is 52.0 Å². The second kappa shape index (κ2) is 11.4. The summed E-state index contributed by atoms with van der Waals surface area (Å²) < 4.78 is 18.7. The molecule has 0 atom stereocenters. The molecule has 3 aromatic heterocycles. The van der Waals surface area contributed by atoms with Crippen molar-refractivity contribution in [1.82, 2.24) is 29.6 Å². The molecule has 1 amide bonds. The van der Waals surface area contributed by atoms with Crippen LogP contribution < -0.4 is 9.64 Å². The topological polar surface area (TPSA) is 108 Å². The molecule has 0 radical (unpaired) electrons. The van der Waals surface area contributed by atoms with E-state index in [4.69, 9.17) is 24.2 Å². The number of piperazine rings is 1. The van der Waals surface area contributed by atoms with Gasteiger partial charge in [-0.15, -0.1) is 11.3 Å². The second-order valence-corrected chi connectivity index (χ2v) is 12.5. The van der Waals surface area contributed by atoms with Crippen molar-refractivity contribution < 1.29 is 19.0 Å². The number of thiazole rings is 1. The van der Waals surface area contributed by atoms with Crippen LogP contribution in [0.2, 0.25) is 0 Å². The van der Waals surface area contributed by atoms with Crippen molar-refractivity contribution in [1.29, 1.82) is 0 Å². The van der Waals surface area contributed by atoms with E-state index < -0.39 is 5.60 Å². The van der Waals surface area contributed by atoms with E-state index >= 15 is 0 Å². The number of hydrogen-bond acceptors (Lipinski definition) is 10. The Morgan fingerprint density at radius 3 is 2.58 bits per heavy atom. The summed E-state index contributed by atoms with van der Waals surface area (Å²) in [5.41, 5.74) is 6.48. The molecule has 43 heavy (non-hydrogen) atoms. The zero-order chi connectivity index (χ0) is 30.3. The normalized spacial score (nSPS) is 14.1. The SMILES string of the molecule is COCOc1c(-c2nc(-c3cncs3)c3cc(N4CCN(C(=O)OC(C)(C)C)CC4)ccc3n2)cc2cn(C)nc2c1C. The molecule has 0 bridgehead atoms. The number of benzene rings is 2. The van der Waals surface area contributed by atoms with Crippen LogP contribution in [0.25, 0.3) is 43.8 Å². The molecule has 1 saturated heterocycles. The summed E-state index contributed by atoms with van der Waals surface area (Å²) in [6, 6.07) is 8.27. The van der Waals surface area contributed by atoms with Crippen LogP contribution in [0.1, 0.15) is 26.3 Å². The van der Waals surface area contributed by atoms with Crippen LogP contribution in [-0.2, 0) is 16.5 Å². The first-order valence-corrected chi connectivity index (χ1v) is 15.0. The first kappa shape index (κ1) is 28.8. The highest BCUT2D eigenvalue weighted by atomic mass is 32.1. The third-order valence-corrected chi connectivity index (χ3v) is 8.08. The van der Waals surface area contributed by atoms with Gasteiger partial charge in [0, 0.05) is 74.8 Å². The first-order valence-electron chi connectivity index (χ1n) is 14.1. The Morgan fingerprint density at radius 2 is 1.88 bits per heavy atom. The van der Waals surface area contributed by atoms with E-state index in [0.717, 1.165) is 49.2 Å². The molecule has 224 valence electrons. The number of aryl methyl sites for hydroxylation is 2. The molecular weight excluding hydrogens is 566 g/mol. The van der Waals surface area contributed by atoms with Crippen LogP contribution in [0.4, 0.5) is 10.5 Å². The minimum absolute atomic E-state index is 0.0893. The van der Waals surface area contributed by atoms with E-state index in [1.165, 1.54) is 11.3 Å². The number of carbonyl (C=O) groups is 1. The summed E-state index contributed by atoms with van der Waals surface area (Å²) >= 11 is 1.53. The maximum atomic E-state index is 12.6. The van der Waals surface area contributed by atoms with E-state index in [1.54, 1.807) is 16.7 Å². The maximum absolute atomic E-state index is 12.6. The van der Waals surface area contributed by atoms with Gasteiger partial charge in [0.2, 0.25) is 0 Å². The molecular formula is C31H35N7O4S. The molecule has 0 aliphatic carbocycles. The average Bonchev–Trinajstić information content (AvgIpc) is 3.65. The number of aromatic nitrogens is 5. The Bertz CT molecular complexity index is 1790. The third-order valence-electron chi connectivity index (χ3n) is 7.30. The Labute approximate surface area is 254 Å². The Balaban J connectivity index is 1.39. The van der Waals surface area contributed by atoms with Crippen molar-refractivity contribution in [3.8, 4) is 27.7 Å². The molecule has 0 unspecified atom stereocenters. The lowest BCUT2D eigenvalue weighted by Gasteiger charge is -2.36. The van der Waals surface area contributed by atoms with Gasteiger partial charge in [0.15, 0.2) is 12.6 Å². The minimum atomic E-state index is -0.516. The third kappa shape index (κ3) is 5.84. The van der Waals surface area contributed by atoms with Gasteiger partial charge in [-0.1, -0.05) is 0 Å². The summed E-state index contributed by atoms with van der Waals surface area (Å²) in [5, 5.41) is 6.53. The highest BCUT2D eigenvalue weighted by Crippen LogP contribution is 2.39. The van der Waals surface area contributed by atoms with Gasteiger partial charge in [-0.2, -0.15) is 5.10 Å². The fraction of sp³-hybridized carbons (Fsp3) is 0.387. The number of rotatable bonds is 6. The lowest BCUT2D eigenvalue weighted by atomic mass is 10.0. The number of amides is 1. The largest absolute Gasteiger partial charge is 0.466 e. The number of ether oxygens (including phenoxy) is 3. The van der Waals surface area contributed by atoms with Crippen molar-refractivity contribution in [3.05, 3.63) is 47.7 Å². The van der Waals surface area contributed by atoms with Gasteiger partial charge < -0.3 is 24.0 Å². The molecule has 1 fully saturated rings. The molecule has 0 saturated carbocycles. The standard InChI is InChI=1S/C31H35N7O4S/c1-19-26-20(16-36(5)35-26)13-23(28(19)41-18-40-6)29-33-24-8-7-21(14-22(24)27(34-29)25-15-32-17-43-25)37-9-11-38(12-10-37)30(39)42-31(2,3)4/h7-8,13-17H,9-12,18H2,1-6H3. The Hall–Kier alpha value is -4.29.